The summed E-state index contributed by atoms with van der Waals surface area (Å²) in [5, 5.41) is 3.14. The number of piperidine rings is 1. The van der Waals surface area contributed by atoms with Gasteiger partial charge in [0.1, 0.15) is 18.0 Å². The molecule has 3 nitrogen and oxygen atoms in total. The fourth-order valence-corrected chi connectivity index (χ4v) is 1.98. The van der Waals surface area contributed by atoms with Gasteiger partial charge in [0.25, 0.3) is 0 Å². The van der Waals surface area contributed by atoms with Crippen LogP contribution in [0.2, 0.25) is 0 Å². The Kier molecular flexibility index (Phi) is 3.85. The van der Waals surface area contributed by atoms with Crippen molar-refractivity contribution in [1.82, 2.24) is 10.3 Å². The van der Waals surface area contributed by atoms with Gasteiger partial charge in [0.15, 0.2) is 0 Å². The van der Waals surface area contributed by atoms with Crippen LogP contribution in [0.15, 0.2) is 18.3 Å². The van der Waals surface area contributed by atoms with E-state index in [1.54, 1.807) is 6.20 Å². The van der Waals surface area contributed by atoms with Gasteiger partial charge in [0.05, 0.1) is 6.20 Å². The second-order valence-electron chi connectivity index (χ2n) is 5.79. The second-order valence-corrected chi connectivity index (χ2v) is 5.79. The van der Waals surface area contributed by atoms with Crippen LogP contribution in [-0.2, 0) is 5.41 Å². The van der Waals surface area contributed by atoms with Crippen molar-refractivity contribution < 1.29 is 9.13 Å². The van der Waals surface area contributed by atoms with Crippen molar-refractivity contribution in [1.29, 1.82) is 0 Å². The Labute approximate surface area is 108 Å². The number of ether oxygens (including phenoxy) is 1. The van der Waals surface area contributed by atoms with Gasteiger partial charge in [0.2, 0.25) is 0 Å². The Balaban J connectivity index is 2.02. The van der Waals surface area contributed by atoms with E-state index in [0.717, 1.165) is 12.2 Å². The highest BCUT2D eigenvalue weighted by Gasteiger charge is 2.26. The molecule has 0 unspecified atom stereocenters. The zero-order valence-corrected chi connectivity index (χ0v) is 11.2. The molecule has 4 heteroatoms. The molecule has 100 valence electrons. The maximum atomic E-state index is 13.6. The average Bonchev–Trinajstić information content (AvgIpc) is 2.32. The molecule has 1 fully saturated rings. The lowest BCUT2D eigenvalue weighted by Gasteiger charge is -2.27. The molecule has 0 saturated carbocycles. The first-order chi connectivity index (χ1) is 8.47. The van der Waals surface area contributed by atoms with Crippen molar-refractivity contribution >= 4 is 0 Å². The van der Waals surface area contributed by atoms with E-state index in [9.17, 15) is 4.39 Å². The van der Waals surface area contributed by atoms with E-state index in [-0.39, 0.29) is 5.41 Å². The van der Waals surface area contributed by atoms with E-state index in [0.29, 0.717) is 18.7 Å². The van der Waals surface area contributed by atoms with Gasteiger partial charge in [-0.1, -0.05) is 20.8 Å². The first-order valence-electron chi connectivity index (χ1n) is 6.45. The Morgan fingerprint density at radius 2 is 2.17 bits per heavy atom. The SMILES string of the molecule is CC(C)(C)c1ccc(O[C@@H]2CNCC[C@H]2F)cn1. The predicted octanol–water partition coefficient (Wildman–Crippen LogP) is 2.46. The van der Waals surface area contributed by atoms with Crippen LogP contribution in [0.4, 0.5) is 4.39 Å². The summed E-state index contributed by atoms with van der Waals surface area (Å²) < 4.78 is 19.3. The third-order valence-electron chi connectivity index (χ3n) is 3.14. The molecular formula is C14H21FN2O. The summed E-state index contributed by atoms with van der Waals surface area (Å²) in [4.78, 5) is 4.37. The maximum absolute atomic E-state index is 13.6. The lowest BCUT2D eigenvalue weighted by molar-refractivity contribution is 0.0741. The summed E-state index contributed by atoms with van der Waals surface area (Å²) in [6, 6.07) is 3.81. The Bertz CT molecular complexity index is 386. The molecule has 1 aromatic heterocycles. The molecule has 0 amide bonds. The lowest BCUT2D eigenvalue weighted by atomic mass is 9.92. The molecule has 0 radical (unpaired) electrons. The van der Waals surface area contributed by atoms with Crippen LogP contribution in [0.3, 0.4) is 0 Å². The fourth-order valence-electron chi connectivity index (χ4n) is 1.98. The summed E-state index contributed by atoms with van der Waals surface area (Å²) in [5.41, 5.74) is 1.03. The van der Waals surface area contributed by atoms with E-state index >= 15 is 0 Å². The van der Waals surface area contributed by atoms with E-state index in [4.69, 9.17) is 4.74 Å². The van der Waals surface area contributed by atoms with Crippen LogP contribution in [-0.4, -0.2) is 30.3 Å². The zero-order valence-electron chi connectivity index (χ0n) is 11.2. The van der Waals surface area contributed by atoms with Crippen LogP contribution in [0, 0.1) is 0 Å². The van der Waals surface area contributed by atoms with Gasteiger partial charge in [-0.25, -0.2) is 4.39 Å². The van der Waals surface area contributed by atoms with Crippen LogP contribution < -0.4 is 10.1 Å². The van der Waals surface area contributed by atoms with Gasteiger partial charge < -0.3 is 10.1 Å². The number of halogens is 1. The minimum absolute atomic E-state index is 0.0214. The van der Waals surface area contributed by atoms with Gasteiger partial charge in [-0.2, -0.15) is 0 Å². The number of hydrogen-bond acceptors (Lipinski definition) is 3. The molecule has 18 heavy (non-hydrogen) atoms. The predicted molar refractivity (Wildman–Crippen MR) is 69.7 cm³/mol. The van der Waals surface area contributed by atoms with Crippen molar-refractivity contribution in [2.75, 3.05) is 13.1 Å². The van der Waals surface area contributed by atoms with E-state index in [1.165, 1.54) is 0 Å². The first kappa shape index (κ1) is 13.3. The summed E-state index contributed by atoms with van der Waals surface area (Å²) in [7, 11) is 0. The monoisotopic (exact) mass is 252 g/mol. The molecule has 1 aromatic rings. The fraction of sp³-hybridized carbons (Fsp3) is 0.643. The number of rotatable bonds is 2. The molecule has 0 bridgehead atoms. The minimum Gasteiger partial charge on any atom is -0.484 e. The van der Waals surface area contributed by atoms with Crippen LogP contribution in [0.5, 0.6) is 5.75 Å². The molecule has 0 spiro atoms. The molecule has 0 aliphatic carbocycles. The topological polar surface area (TPSA) is 34.1 Å². The third-order valence-corrected chi connectivity index (χ3v) is 3.14. The Morgan fingerprint density at radius 3 is 2.72 bits per heavy atom. The Morgan fingerprint density at radius 1 is 1.39 bits per heavy atom. The maximum Gasteiger partial charge on any atom is 0.142 e. The molecule has 1 N–H and O–H groups in total. The van der Waals surface area contributed by atoms with E-state index in [2.05, 4.69) is 31.1 Å². The highest BCUT2D eigenvalue weighted by molar-refractivity contribution is 5.23. The highest BCUT2D eigenvalue weighted by atomic mass is 19.1. The quantitative estimate of drug-likeness (QED) is 0.878. The molecule has 1 aliphatic heterocycles. The number of pyridine rings is 1. The van der Waals surface area contributed by atoms with Crippen molar-refractivity contribution in [2.24, 2.45) is 0 Å². The molecule has 2 heterocycles. The van der Waals surface area contributed by atoms with Crippen LogP contribution in [0.25, 0.3) is 0 Å². The first-order valence-corrected chi connectivity index (χ1v) is 6.45. The van der Waals surface area contributed by atoms with Crippen molar-refractivity contribution in [3.8, 4) is 5.75 Å². The van der Waals surface area contributed by atoms with Gasteiger partial charge in [0, 0.05) is 17.7 Å². The number of hydrogen-bond donors (Lipinski definition) is 1. The van der Waals surface area contributed by atoms with Crippen LogP contribution in [0.1, 0.15) is 32.9 Å². The summed E-state index contributed by atoms with van der Waals surface area (Å²) >= 11 is 0. The van der Waals surface area contributed by atoms with E-state index in [1.807, 2.05) is 12.1 Å². The average molecular weight is 252 g/mol. The molecular weight excluding hydrogens is 231 g/mol. The molecule has 1 saturated heterocycles. The normalized spacial score (nSPS) is 24.9. The zero-order chi connectivity index (χ0) is 13.2. The summed E-state index contributed by atoms with van der Waals surface area (Å²) in [6.07, 6.45) is 0.898. The molecule has 2 rings (SSSR count). The van der Waals surface area contributed by atoms with E-state index < -0.39 is 12.3 Å². The smallest absolute Gasteiger partial charge is 0.142 e. The summed E-state index contributed by atoms with van der Waals surface area (Å²) in [6.45, 7) is 7.61. The van der Waals surface area contributed by atoms with Gasteiger partial charge in [-0.15, -0.1) is 0 Å². The van der Waals surface area contributed by atoms with Crippen molar-refractivity contribution in [3.05, 3.63) is 24.0 Å². The van der Waals surface area contributed by atoms with Crippen molar-refractivity contribution in [2.45, 2.75) is 44.9 Å². The molecule has 1 aliphatic rings. The lowest BCUT2D eigenvalue weighted by Crippen LogP contribution is -2.45. The third kappa shape index (κ3) is 3.19. The standard InChI is InChI=1S/C14H21FN2O/c1-14(2,3)13-5-4-10(8-17-13)18-12-9-16-7-6-11(12)15/h4-5,8,11-12,16H,6-7,9H2,1-3H3/t11-,12-/m1/s1. The largest absolute Gasteiger partial charge is 0.484 e. The number of alkyl halides is 1. The number of aromatic nitrogens is 1. The highest BCUT2D eigenvalue weighted by Crippen LogP contribution is 2.23. The number of nitrogens with zero attached hydrogens (tertiary/aromatic N) is 1. The van der Waals surface area contributed by atoms with Gasteiger partial charge in [-0.05, 0) is 25.1 Å². The minimum atomic E-state index is -0.895. The number of nitrogens with one attached hydrogen (secondary N) is 1. The Hall–Kier alpha value is -1.16. The summed E-state index contributed by atoms with van der Waals surface area (Å²) in [5.74, 6) is 0.638. The van der Waals surface area contributed by atoms with Crippen LogP contribution >= 0.6 is 0 Å². The van der Waals surface area contributed by atoms with Gasteiger partial charge >= 0.3 is 0 Å². The molecule has 2 atom stereocenters. The second kappa shape index (κ2) is 5.22. The van der Waals surface area contributed by atoms with Gasteiger partial charge in [-0.3, -0.25) is 4.98 Å². The van der Waals surface area contributed by atoms with Crippen molar-refractivity contribution in [3.63, 3.8) is 0 Å². The molecule has 0 aromatic carbocycles.